The van der Waals surface area contributed by atoms with Crippen LogP contribution < -0.4 is 4.72 Å². The van der Waals surface area contributed by atoms with Gasteiger partial charge in [-0.05, 0) is 24.7 Å². The molecule has 0 aromatic rings. The summed E-state index contributed by atoms with van der Waals surface area (Å²) in [6, 6.07) is 0. The highest BCUT2D eigenvalue weighted by molar-refractivity contribution is 7.87. The predicted octanol–water partition coefficient (Wildman–Crippen LogP) is 1.60. The first kappa shape index (κ1) is 17.9. The van der Waals surface area contributed by atoms with E-state index < -0.39 is 21.7 Å². The minimum atomic E-state index is -3.44. The van der Waals surface area contributed by atoms with Crippen LogP contribution in [0.4, 0.5) is 0 Å². The fourth-order valence-corrected chi connectivity index (χ4v) is 4.30. The molecule has 0 bridgehead atoms. The van der Waals surface area contributed by atoms with E-state index in [9.17, 15) is 13.5 Å². The SMILES string of the molecule is CC1CCCN(S(=O)(=O)NCC(C)(C)C(O)C(C)C)C1. The van der Waals surface area contributed by atoms with Gasteiger partial charge in [0.2, 0.25) is 0 Å². The maximum absolute atomic E-state index is 12.3. The van der Waals surface area contributed by atoms with E-state index in [2.05, 4.69) is 11.6 Å². The van der Waals surface area contributed by atoms with Crippen molar-refractivity contribution in [2.75, 3.05) is 19.6 Å². The molecular weight excluding hydrogens is 276 g/mol. The van der Waals surface area contributed by atoms with E-state index in [1.54, 1.807) is 0 Å². The van der Waals surface area contributed by atoms with E-state index in [1.165, 1.54) is 4.31 Å². The largest absolute Gasteiger partial charge is 0.392 e. The average molecular weight is 306 g/mol. The van der Waals surface area contributed by atoms with Crippen molar-refractivity contribution in [1.29, 1.82) is 0 Å². The van der Waals surface area contributed by atoms with Crippen molar-refractivity contribution in [2.24, 2.45) is 17.3 Å². The molecule has 2 atom stereocenters. The van der Waals surface area contributed by atoms with Gasteiger partial charge < -0.3 is 5.11 Å². The van der Waals surface area contributed by atoms with Crippen molar-refractivity contribution in [3.05, 3.63) is 0 Å². The second-order valence-electron chi connectivity index (χ2n) is 7.11. The van der Waals surface area contributed by atoms with Crippen molar-refractivity contribution < 1.29 is 13.5 Å². The predicted molar refractivity (Wildman–Crippen MR) is 81.5 cm³/mol. The third-order valence-electron chi connectivity index (χ3n) is 4.10. The highest BCUT2D eigenvalue weighted by atomic mass is 32.2. The second-order valence-corrected chi connectivity index (χ2v) is 8.86. The Bertz CT molecular complexity index is 407. The molecule has 2 N–H and O–H groups in total. The minimum absolute atomic E-state index is 0.101. The summed E-state index contributed by atoms with van der Waals surface area (Å²) in [6.45, 7) is 11.2. The topological polar surface area (TPSA) is 69.6 Å². The highest BCUT2D eigenvalue weighted by Gasteiger charge is 2.33. The Morgan fingerprint density at radius 3 is 2.50 bits per heavy atom. The van der Waals surface area contributed by atoms with Crippen LogP contribution in [0.2, 0.25) is 0 Å². The number of nitrogens with one attached hydrogen (secondary N) is 1. The van der Waals surface area contributed by atoms with Crippen LogP contribution in [0.25, 0.3) is 0 Å². The summed E-state index contributed by atoms with van der Waals surface area (Å²) >= 11 is 0. The monoisotopic (exact) mass is 306 g/mol. The number of aliphatic hydroxyl groups is 1. The Balaban J connectivity index is 2.63. The molecule has 20 heavy (non-hydrogen) atoms. The first-order chi connectivity index (χ1) is 9.06. The van der Waals surface area contributed by atoms with Gasteiger partial charge in [0.05, 0.1) is 6.10 Å². The summed E-state index contributed by atoms with van der Waals surface area (Å²) in [6.07, 6.45) is 1.47. The number of piperidine rings is 1. The third kappa shape index (κ3) is 4.69. The molecule has 0 spiro atoms. The van der Waals surface area contributed by atoms with Gasteiger partial charge in [0, 0.05) is 25.0 Å². The zero-order chi connectivity index (χ0) is 15.6. The molecule has 0 saturated carbocycles. The van der Waals surface area contributed by atoms with Crippen LogP contribution in [0.5, 0.6) is 0 Å². The Hall–Kier alpha value is -0.170. The molecule has 6 heteroatoms. The molecule has 0 amide bonds. The Kier molecular flexibility index (Phi) is 6.01. The van der Waals surface area contributed by atoms with Crippen LogP contribution in [-0.4, -0.2) is 43.6 Å². The zero-order valence-electron chi connectivity index (χ0n) is 13.4. The summed E-state index contributed by atoms with van der Waals surface area (Å²) in [5.41, 5.74) is -0.483. The Morgan fingerprint density at radius 1 is 1.40 bits per heavy atom. The van der Waals surface area contributed by atoms with Crippen LogP contribution >= 0.6 is 0 Å². The van der Waals surface area contributed by atoms with Gasteiger partial charge in [-0.25, -0.2) is 4.72 Å². The van der Waals surface area contributed by atoms with Gasteiger partial charge in [-0.2, -0.15) is 12.7 Å². The maximum Gasteiger partial charge on any atom is 0.279 e. The number of hydrogen-bond acceptors (Lipinski definition) is 3. The molecule has 1 aliphatic rings. The lowest BCUT2D eigenvalue weighted by molar-refractivity contribution is 0.0163. The minimum Gasteiger partial charge on any atom is -0.392 e. The van der Waals surface area contributed by atoms with Crippen molar-refractivity contribution in [2.45, 2.75) is 53.6 Å². The first-order valence-electron chi connectivity index (χ1n) is 7.49. The fourth-order valence-electron chi connectivity index (χ4n) is 2.74. The van der Waals surface area contributed by atoms with Gasteiger partial charge in [0.1, 0.15) is 0 Å². The van der Waals surface area contributed by atoms with Crippen LogP contribution in [-0.2, 0) is 10.2 Å². The van der Waals surface area contributed by atoms with Gasteiger partial charge in [-0.1, -0.05) is 34.6 Å². The number of rotatable bonds is 6. The summed E-state index contributed by atoms with van der Waals surface area (Å²) < 4.78 is 28.8. The molecular formula is C14H30N2O3S. The maximum atomic E-state index is 12.3. The smallest absolute Gasteiger partial charge is 0.279 e. The molecule has 5 nitrogen and oxygen atoms in total. The molecule has 2 unspecified atom stereocenters. The van der Waals surface area contributed by atoms with Crippen molar-refractivity contribution in [1.82, 2.24) is 9.03 Å². The molecule has 1 aliphatic heterocycles. The molecule has 120 valence electrons. The van der Waals surface area contributed by atoms with Crippen LogP contribution in [0.3, 0.4) is 0 Å². The summed E-state index contributed by atoms with van der Waals surface area (Å²) in [5, 5.41) is 10.2. The summed E-state index contributed by atoms with van der Waals surface area (Å²) in [7, 11) is -3.44. The van der Waals surface area contributed by atoms with Crippen LogP contribution in [0.1, 0.15) is 47.5 Å². The van der Waals surface area contributed by atoms with Gasteiger partial charge in [0.15, 0.2) is 0 Å². The van der Waals surface area contributed by atoms with Gasteiger partial charge >= 0.3 is 0 Å². The first-order valence-corrected chi connectivity index (χ1v) is 8.93. The van der Waals surface area contributed by atoms with Gasteiger partial charge in [-0.3, -0.25) is 0 Å². The lowest BCUT2D eigenvalue weighted by Crippen LogP contribution is -2.50. The zero-order valence-corrected chi connectivity index (χ0v) is 14.2. The van der Waals surface area contributed by atoms with Gasteiger partial charge in [-0.15, -0.1) is 0 Å². The van der Waals surface area contributed by atoms with Crippen molar-refractivity contribution in [3.63, 3.8) is 0 Å². The van der Waals surface area contributed by atoms with E-state index >= 15 is 0 Å². The molecule has 1 rings (SSSR count). The lowest BCUT2D eigenvalue weighted by Gasteiger charge is -2.35. The standard InChI is InChI=1S/C14H30N2O3S/c1-11(2)13(17)14(4,5)10-15-20(18,19)16-8-6-7-12(3)9-16/h11-13,15,17H,6-10H2,1-5H3. The fraction of sp³-hybridized carbons (Fsp3) is 1.00. The number of hydrogen-bond donors (Lipinski definition) is 2. The lowest BCUT2D eigenvalue weighted by atomic mass is 9.81. The summed E-state index contributed by atoms with van der Waals surface area (Å²) in [4.78, 5) is 0. The highest BCUT2D eigenvalue weighted by Crippen LogP contribution is 2.26. The average Bonchev–Trinajstić information content (AvgIpc) is 2.35. The van der Waals surface area contributed by atoms with E-state index in [0.717, 1.165) is 12.8 Å². The molecule has 0 aliphatic carbocycles. The van der Waals surface area contributed by atoms with E-state index in [0.29, 0.717) is 19.0 Å². The number of aliphatic hydroxyl groups excluding tert-OH is 1. The molecule has 1 fully saturated rings. The molecule has 0 radical (unpaired) electrons. The van der Waals surface area contributed by atoms with Crippen LogP contribution in [0, 0.1) is 17.3 Å². The van der Waals surface area contributed by atoms with Crippen molar-refractivity contribution in [3.8, 4) is 0 Å². The second kappa shape index (κ2) is 6.73. The summed E-state index contributed by atoms with van der Waals surface area (Å²) in [5.74, 6) is 0.513. The van der Waals surface area contributed by atoms with Crippen molar-refractivity contribution >= 4 is 10.2 Å². The van der Waals surface area contributed by atoms with E-state index in [1.807, 2.05) is 27.7 Å². The third-order valence-corrected chi connectivity index (χ3v) is 5.62. The van der Waals surface area contributed by atoms with Gasteiger partial charge in [0.25, 0.3) is 10.2 Å². The molecule has 0 aromatic heterocycles. The molecule has 0 aromatic carbocycles. The Labute approximate surface area is 123 Å². The molecule has 1 saturated heterocycles. The molecule has 1 heterocycles. The van der Waals surface area contributed by atoms with E-state index in [4.69, 9.17) is 0 Å². The Morgan fingerprint density at radius 2 is 2.00 bits per heavy atom. The quantitative estimate of drug-likeness (QED) is 0.783. The van der Waals surface area contributed by atoms with Crippen LogP contribution in [0.15, 0.2) is 0 Å². The number of nitrogens with zero attached hydrogens (tertiary/aromatic N) is 1. The normalized spacial score (nSPS) is 24.1. The van der Waals surface area contributed by atoms with E-state index in [-0.39, 0.29) is 12.5 Å².